The minimum absolute atomic E-state index is 0.0253. The van der Waals surface area contributed by atoms with Gasteiger partial charge < -0.3 is 14.5 Å². The number of aromatic nitrogens is 2. The van der Waals surface area contributed by atoms with Crippen molar-refractivity contribution in [3.8, 4) is 5.88 Å². The average molecular weight is 334 g/mol. The fourth-order valence-corrected chi connectivity index (χ4v) is 2.57. The largest absolute Gasteiger partial charge is 0.481 e. The Bertz CT molecular complexity index is 785. The zero-order valence-electron chi connectivity index (χ0n) is 13.3. The summed E-state index contributed by atoms with van der Waals surface area (Å²) in [7, 11) is 3.36. The molecule has 0 aromatic carbocycles. The van der Waals surface area contributed by atoms with Crippen molar-refractivity contribution in [1.29, 1.82) is 0 Å². The van der Waals surface area contributed by atoms with Crippen LogP contribution in [0.5, 0.6) is 5.88 Å². The minimum atomic E-state index is -0.770. The van der Waals surface area contributed by atoms with Crippen LogP contribution >= 0.6 is 0 Å². The van der Waals surface area contributed by atoms with Gasteiger partial charge in [0.05, 0.1) is 36.8 Å². The number of amides is 1. The van der Waals surface area contributed by atoms with Crippen LogP contribution in [0.15, 0.2) is 24.5 Å². The molecule has 0 atom stereocenters. The van der Waals surface area contributed by atoms with Crippen LogP contribution in [0.3, 0.4) is 0 Å². The second-order valence-electron chi connectivity index (χ2n) is 5.47. The molecular weight excluding hydrogens is 318 g/mol. The summed E-state index contributed by atoms with van der Waals surface area (Å²) < 4.78 is 31.9. The molecule has 1 aliphatic heterocycles. The van der Waals surface area contributed by atoms with Gasteiger partial charge in [-0.1, -0.05) is 0 Å². The minimum Gasteiger partial charge on any atom is -0.481 e. The van der Waals surface area contributed by atoms with Gasteiger partial charge >= 0.3 is 0 Å². The fourth-order valence-electron chi connectivity index (χ4n) is 2.57. The Morgan fingerprint density at radius 3 is 2.71 bits per heavy atom. The third-order valence-corrected chi connectivity index (χ3v) is 3.93. The predicted molar refractivity (Wildman–Crippen MR) is 83.0 cm³/mol. The molecule has 0 aliphatic carbocycles. The van der Waals surface area contributed by atoms with Gasteiger partial charge in [0.15, 0.2) is 0 Å². The number of halogens is 2. The van der Waals surface area contributed by atoms with E-state index < -0.39 is 11.6 Å². The summed E-state index contributed by atoms with van der Waals surface area (Å²) in [4.78, 5) is 24.0. The quantitative estimate of drug-likeness (QED) is 0.857. The van der Waals surface area contributed by atoms with Gasteiger partial charge in [-0.3, -0.25) is 9.78 Å². The van der Waals surface area contributed by atoms with Gasteiger partial charge in [-0.2, -0.15) is 0 Å². The van der Waals surface area contributed by atoms with Gasteiger partial charge in [-0.25, -0.2) is 13.8 Å². The number of hydrogen-bond acceptors (Lipinski definition) is 5. The molecule has 0 bridgehead atoms. The number of anilines is 1. The molecule has 1 amide bonds. The summed E-state index contributed by atoms with van der Waals surface area (Å²) in [6, 6.07) is 2.45. The highest BCUT2D eigenvalue weighted by Gasteiger charge is 2.27. The number of rotatable bonds is 3. The third-order valence-electron chi connectivity index (χ3n) is 3.93. The molecule has 126 valence electrons. The van der Waals surface area contributed by atoms with Crippen molar-refractivity contribution in [3.05, 3.63) is 47.4 Å². The standard InChI is InChI=1S/C16H16F2N4O2/c1-21-3-4-22(9-13-12(18)5-10(17)7-19-13)16(23)11-8-20-15(24-2)6-14(11)21/h5-8H,3-4,9H2,1-2H3. The Balaban J connectivity index is 1.92. The molecule has 0 N–H and O–H groups in total. The van der Waals surface area contributed by atoms with Crippen molar-refractivity contribution in [2.45, 2.75) is 6.54 Å². The van der Waals surface area contributed by atoms with E-state index in [9.17, 15) is 13.6 Å². The van der Waals surface area contributed by atoms with Gasteiger partial charge in [0.25, 0.3) is 5.91 Å². The molecule has 6 nitrogen and oxygen atoms in total. The lowest BCUT2D eigenvalue weighted by atomic mass is 10.2. The highest BCUT2D eigenvalue weighted by molar-refractivity contribution is 6.00. The molecule has 0 spiro atoms. The molecule has 1 aliphatic rings. The van der Waals surface area contributed by atoms with Crippen molar-refractivity contribution in [1.82, 2.24) is 14.9 Å². The van der Waals surface area contributed by atoms with E-state index in [0.717, 1.165) is 12.3 Å². The molecule has 8 heteroatoms. The van der Waals surface area contributed by atoms with Gasteiger partial charge in [-0.05, 0) is 0 Å². The van der Waals surface area contributed by atoms with E-state index in [4.69, 9.17) is 4.74 Å². The average Bonchev–Trinajstić information content (AvgIpc) is 2.69. The molecule has 0 radical (unpaired) electrons. The topological polar surface area (TPSA) is 58.6 Å². The van der Waals surface area contributed by atoms with E-state index >= 15 is 0 Å². The Hall–Kier alpha value is -2.77. The van der Waals surface area contributed by atoms with Crippen molar-refractivity contribution < 1.29 is 18.3 Å². The molecule has 3 heterocycles. The second kappa shape index (κ2) is 6.38. The first-order valence-corrected chi connectivity index (χ1v) is 7.34. The smallest absolute Gasteiger partial charge is 0.257 e. The van der Waals surface area contributed by atoms with Gasteiger partial charge in [0.1, 0.15) is 11.6 Å². The maximum atomic E-state index is 13.8. The molecule has 0 saturated carbocycles. The van der Waals surface area contributed by atoms with E-state index in [1.54, 1.807) is 6.07 Å². The summed E-state index contributed by atoms with van der Waals surface area (Å²) in [5.41, 5.74) is 1.12. The number of ether oxygens (including phenoxy) is 1. The van der Waals surface area contributed by atoms with Crippen LogP contribution in [-0.4, -0.2) is 48.0 Å². The summed E-state index contributed by atoms with van der Waals surface area (Å²) >= 11 is 0. The van der Waals surface area contributed by atoms with E-state index in [-0.39, 0.29) is 18.1 Å². The SMILES string of the molecule is COc1cc2c(cn1)C(=O)N(Cc1ncc(F)cc1F)CCN2C. The third kappa shape index (κ3) is 2.99. The normalized spacial score (nSPS) is 14.4. The van der Waals surface area contributed by atoms with Gasteiger partial charge in [-0.15, -0.1) is 0 Å². The highest BCUT2D eigenvalue weighted by atomic mass is 19.1. The summed E-state index contributed by atoms with van der Waals surface area (Å²) in [5.74, 6) is -1.39. The molecule has 0 saturated heterocycles. The zero-order valence-corrected chi connectivity index (χ0v) is 13.3. The summed E-state index contributed by atoms with van der Waals surface area (Å²) in [5, 5.41) is 0. The van der Waals surface area contributed by atoms with E-state index in [2.05, 4.69) is 9.97 Å². The summed E-state index contributed by atoms with van der Waals surface area (Å²) in [6.07, 6.45) is 2.38. The molecule has 2 aromatic heterocycles. The van der Waals surface area contributed by atoms with Crippen molar-refractivity contribution in [2.75, 3.05) is 32.1 Å². The summed E-state index contributed by atoms with van der Waals surface area (Å²) in [6.45, 7) is 0.893. The van der Waals surface area contributed by atoms with E-state index in [0.29, 0.717) is 30.2 Å². The highest BCUT2D eigenvalue weighted by Crippen LogP contribution is 2.27. The first kappa shape index (κ1) is 16.1. The van der Waals surface area contributed by atoms with Crippen LogP contribution in [0, 0.1) is 11.6 Å². The van der Waals surface area contributed by atoms with Crippen LogP contribution < -0.4 is 9.64 Å². The Morgan fingerprint density at radius 1 is 1.21 bits per heavy atom. The van der Waals surface area contributed by atoms with Crippen LogP contribution in [0.25, 0.3) is 0 Å². The van der Waals surface area contributed by atoms with Crippen LogP contribution in [0.4, 0.5) is 14.5 Å². The van der Waals surface area contributed by atoms with Crippen molar-refractivity contribution in [2.24, 2.45) is 0 Å². The van der Waals surface area contributed by atoms with Gasteiger partial charge in [0, 0.05) is 38.5 Å². The molecule has 2 aromatic rings. The fraction of sp³-hybridized carbons (Fsp3) is 0.312. The lowest BCUT2D eigenvalue weighted by Gasteiger charge is -2.20. The lowest BCUT2D eigenvalue weighted by molar-refractivity contribution is 0.0750. The second-order valence-corrected chi connectivity index (χ2v) is 5.47. The Kier molecular flexibility index (Phi) is 4.28. The van der Waals surface area contributed by atoms with Crippen LogP contribution in [0.1, 0.15) is 16.1 Å². The number of nitrogens with zero attached hydrogens (tertiary/aromatic N) is 4. The number of carbonyl (C=O) groups is 1. The van der Waals surface area contributed by atoms with E-state index in [1.165, 1.54) is 18.2 Å². The van der Waals surface area contributed by atoms with Crippen molar-refractivity contribution >= 4 is 11.6 Å². The number of hydrogen-bond donors (Lipinski definition) is 0. The molecule has 0 unspecified atom stereocenters. The maximum Gasteiger partial charge on any atom is 0.257 e. The Labute approximate surface area is 137 Å². The number of pyridine rings is 2. The number of carbonyl (C=O) groups excluding carboxylic acids is 1. The predicted octanol–water partition coefficient (Wildman–Crippen LogP) is 1.86. The first-order chi connectivity index (χ1) is 11.5. The molecule has 3 rings (SSSR count). The first-order valence-electron chi connectivity index (χ1n) is 7.34. The van der Waals surface area contributed by atoms with E-state index in [1.807, 2.05) is 11.9 Å². The maximum absolute atomic E-state index is 13.8. The zero-order chi connectivity index (χ0) is 17.3. The Morgan fingerprint density at radius 2 is 2.00 bits per heavy atom. The number of likely N-dealkylation sites (N-methyl/N-ethyl adjacent to an activating group) is 1. The van der Waals surface area contributed by atoms with Gasteiger partial charge in [0.2, 0.25) is 5.88 Å². The number of fused-ring (bicyclic) bond motifs is 1. The molecule has 24 heavy (non-hydrogen) atoms. The molecule has 0 fully saturated rings. The monoisotopic (exact) mass is 334 g/mol. The van der Waals surface area contributed by atoms with Crippen molar-refractivity contribution in [3.63, 3.8) is 0 Å². The number of methoxy groups -OCH3 is 1. The van der Waals surface area contributed by atoms with Crippen LogP contribution in [0.2, 0.25) is 0 Å². The lowest BCUT2D eigenvalue weighted by Crippen LogP contribution is -2.34. The molecular formula is C16H16F2N4O2. The van der Waals surface area contributed by atoms with Crippen LogP contribution in [-0.2, 0) is 6.54 Å².